The molecule has 0 aliphatic heterocycles. The number of unbranched alkanes of at least 4 members (excludes halogenated alkanes) is 17. The number of carbonyl (C=O) groups is 3. The highest BCUT2D eigenvalue weighted by Gasteiger charge is 2.19. The Kier molecular flexibility index (Phi) is 49.5. The molecule has 368 valence electrons. The predicted octanol–water partition coefficient (Wildman–Crippen LogP) is 17.5. The normalized spacial score (nSPS) is 13.0. The highest BCUT2D eigenvalue weighted by molar-refractivity contribution is 5.71. The third-order valence-corrected chi connectivity index (χ3v) is 10.7. The van der Waals surface area contributed by atoms with Gasteiger partial charge in [0.15, 0.2) is 6.10 Å². The van der Waals surface area contributed by atoms with Crippen LogP contribution in [0.3, 0.4) is 0 Å². The Labute approximate surface area is 400 Å². The molecular formula is C59H96O6. The summed E-state index contributed by atoms with van der Waals surface area (Å²) in [7, 11) is 0. The van der Waals surface area contributed by atoms with Gasteiger partial charge in [-0.25, -0.2) is 0 Å². The van der Waals surface area contributed by atoms with Crippen molar-refractivity contribution in [2.24, 2.45) is 0 Å². The van der Waals surface area contributed by atoms with E-state index < -0.39 is 6.10 Å². The van der Waals surface area contributed by atoms with Crippen LogP contribution in [0.5, 0.6) is 0 Å². The summed E-state index contributed by atoms with van der Waals surface area (Å²) in [6.07, 6.45) is 70.8. The molecule has 0 aromatic rings. The minimum Gasteiger partial charge on any atom is -0.462 e. The van der Waals surface area contributed by atoms with Gasteiger partial charge < -0.3 is 14.2 Å². The average molecular weight is 901 g/mol. The Balaban J connectivity index is 4.52. The minimum absolute atomic E-state index is 0.115. The zero-order chi connectivity index (χ0) is 47.2. The largest absolute Gasteiger partial charge is 0.462 e. The lowest BCUT2D eigenvalue weighted by molar-refractivity contribution is -0.167. The number of ether oxygens (including phenoxy) is 3. The molecule has 0 aliphatic rings. The second kappa shape index (κ2) is 52.7. The molecule has 0 saturated heterocycles. The van der Waals surface area contributed by atoms with Crippen LogP contribution in [0.25, 0.3) is 0 Å². The van der Waals surface area contributed by atoms with Gasteiger partial charge in [-0.15, -0.1) is 0 Å². The molecule has 6 heteroatoms. The first-order valence-corrected chi connectivity index (χ1v) is 26.4. The van der Waals surface area contributed by atoms with E-state index in [4.69, 9.17) is 14.2 Å². The first kappa shape index (κ1) is 61.1. The molecule has 0 aliphatic carbocycles. The van der Waals surface area contributed by atoms with Gasteiger partial charge in [0.2, 0.25) is 0 Å². The van der Waals surface area contributed by atoms with Crippen LogP contribution in [0.1, 0.15) is 226 Å². The Bertz CT molecular complexity index is 1360. The van der Waals surface area contributed by atoms with Crippen LogP contribution in [0.4, 0.5) is 0 Å². The van der Waals surface area contributed by atoms with Crippen molar-refractivity contribution in [2.45, 2.75) is 232 Å². The summed E-state index contributed by atoms with van der Waals surface area (Å²) in [6.45, 7) is 6.39. The molecule has 0 spiro atoms. The molecule has 0 aromatic heterocycles. The lowest BCUT2D eigenvalue weighted by atomic mass is 10.1. The van der Waals surface area contributed by atoms with E-state index in [1.54, 1.807) is 0 Å². The van der Waals surface area contributed by atoms with Gasteiger partial charge in [-0.2, -0.15) is 0 Å². The maximum Gasteiger partial charge on any atom is 0.306 e. The summed E-state index contributed by atoms with van der Waals surface area (Å²) in [5, 5.41) is 0. The fourth-order valence-electron chi connectivity index (χ4n) is 6.76. The van der Waals surface area contributed by atoms with Crippen molar-refractivity contribution in [3.63, 3.8) is 0 Å². The summed E-state index contributed by atoms with van der Waals surface area (Å²) in [6, 6.07) is 0. The molecular weight excluding hydrogens is 805 g/mol. The van der Waals surface area contributed by atoms with Gasteiger partial charge in [0.1, 0.15) is 13.2 Å². The summed E-state index contributed by atoms with van der Waals surface area (Å²) < 4.78 is 16.7. The molecule has 0 rings (SSSR count). The maximum absolute atomic E-state index is 12.8. The third-order valence-electron chi connectivity index (χ3n) is 10.7. The van der Waals surface area contributed by atoms with E-state index in [-0.39, 0.29) is 37.5 Å². The van der Waals surface area contributed by atoms with Crippen molar-refractivity contribution in [3.05, 3.63) is 109 Å². The van der Waals surface area contributed by atoms with E-state index in [1.165, 1.54) is 70.6 Å². The molecule has 0 radical (unpaired) electrons. The molecule has 6 nitrogen and oxygen atoms in total. The molecule has 0 bridgehead atoms. The number of rotatable bonds is 46. The molecule has 0 heterocycles. The minimum atomic E-state index is -0.823. The number of carbonyl (C=O) groups excluding carboxylic acids is 3. The predicted molar refractivity (Wildman–Crippen MR) is 279 cm³/mol. The topological polar surface area (TPSA) is 78.9 Å². The second-order valence-electron chi connectivity index (χ2n) is 17.0. The van der Waals surface area contributed by atoms with E-state index in [1.807, 2.05) is 0 Å². The van der Waals surface area contributed by atoms with Gasteiger partial charge in [-0.05, 0) is 116 Å². The van der Waals surface area contributed by atoms with Crippen LogP contribution in [-0.2, 0) is 28.6 Å². The zero-order valence-corrected chi connectivity index (χ0v) is 42.0. The quantitative estimate of drug-likeness (QED) is 0.0262. The van der Waals surface area contributed by atoms with Gasteiger partial charge in [0.05, 0.1) is 0 Å². The fourth-order valence-corrected chi connectivity index (χ4v) is 6.76. The fraction of sp³-hybridized carbons (Fsp3) is 0.644. The van der Waals surface area contributed by atoms with Crippen molar-refractivity contribution in [1.29, 1.82) is 0 Å². The first-order chi connectivity index (χ1) is 32.0. The first-order valence-electron chi connectivity index (χ1n) is 26.4. The van der Waals surface area contributed by atoms with Crippen LogP contribution in [0.2, 0.25) is 0 Å². The Hall–Kier alpha value is -3.93. The van der Waals surface area contributed by atoms with E-state index in [9.17, 15) is 14.4 Å². The van der Waals surface area contributed by atoms with Crippen LogP contribution < -0.4 is 0 Å². The monoisotopic (exact) mass is 901 g/mol. The van der Waals surface area contributed by atoms with Crippen molar-refractivity contribution in [1.82, 2.24) is 0 Å². The number of hydrogen-bond acceptors (Lipinski definition) is 6. The van der Waals surface area contributed by atoms with E-state index in [0.717, 1.165) is 109 Å². The second-order valence-corrected chi connectivity index (χ2v) is 17.0. The summed E-state index contributed by atoms with van der Waals surface area (Å²) in [5.41, 5.74) is 0. The van der Waals surface area contributed by atoms with Crippen LogP contribution >= 0.6 is 0 Å². The molecule has 0 N–H and O–H groups in total. The van der Waals surface area contributed by atoms with Gasteiger partial charge in [-0.1, -0.05) is 201 Å². The van der Waals surface area contributed by atoms with Crippen LogP contribution in [0.15, 0.2) is 109 Å². The van der Waals surface area contributed by atoms with Crippen molar-refractivity contribution < 1.29 is 28.6 Å². The molecule has 0 amide bonds. The highest BCUT2D eigenvalue weighted by atomic mass is 16.6. The number of allylic oxidation sites excluding steroid dienone is 18. The third kappa shape index (κ3) is 50.9. The standard InChI is InChI=1S/C59H96O6/c1-4-7-10-13-16-19-22-24-26-28-29-31-32-34-37-40-43-46-49-52-58(61)64-55-56(54-63-57(60)51-48-45-42-39-36-21-18-15-12-9-6-3)65-59(62)53-50-47-44-41-38-35-33-30-27-25-23-20-17-14-11-8-5-2/h7,10,15-16,18-19,24-27,29,31,33-35,37,41,44,56H,4-6,8-9,11-14,17,20-23,28,30,32,36,38-40,42-43,45-55H2,1-3H3/b10-7-,18-15-,19-16-,26-24-,27-25-,31-29-,35-33-,37-34-,44-41-. The molecule has 1 unspecified atom stereocenters. The van der Waals surface area contributed by atoms with E-state index in [2.05, 4.69) is 130 Å². The average Bonchev–Trinajstić information content (AvgIpc) is 3.30. The molecule has 0 aromatic carbocycles. The SMILES string of the molecule is CC/C=C\C/C=C\C/C=C\C/C=C\C/C=C\CCCCCC(=O)OCC(COC(=O)CCCCCCC/C=C\CCCC)OC(=O)CCC/C=C\C/C=C\C/C=C\CCCCCCCC. The van der Waals surface area contributed by atoms with Gasteiger partial charge in [0, 0.05) is 19.3 Å². The summed E-state index contributed by atoms with van der Waals surface area (Å²) >= 11 is 0. The molecule has 0 fully saturated rings. The lowest BCUT2D eigenvalue weighted by Gasteiger charge is -2.18. The van der Waals surface area contributed by atoms with Gasteiger partial charge in [-0.3, -0.25) is 14.4 Å². The maximum atomic E-state index is 12.8. The Morgan fingerprint density at radius 2 is 0.631 bits per heavy atom. The van der Waals surface area contributed by atoms with Gasteiger partial charge >= 0.3 is 17.9 Å². The van der Waals surface area contributed by atoms with E-state index >= 15 is 0 Å². The molecule has 0 saturated carbocycles. The molecule has 65 heavy (non-hydrogen) atoms. The summed E-state index contributed by atoms with van der Waals surface area (Å²) in [5.74, 6) is -1.02. The molecule has 1 atom stereocenters. The number of hydrogen-bond donors (Lipinski definition) is 0. The van der Waals surface area contributed by atoms with Gasteiger partial charge in [0.25, 0.3) is 0 Å². The smallest absolute Gasteiger partial charge is 0.306 e. The Morgan fingerprint density at radius 1 is 0.323 bits per heavy atom. The van der Waals surface area contributed by atoms with Crippen molar-refractivity contribution in [2.75, 3.05) is 13.2 Å². The summed E-state index contributed by atoms with van der Waals surface area (Å²) in [4.78, 5) is 38.0. The highest BCUT2D eigenvalue weighted by Crippen LogP contribution is 2.12. The van der Waals surface area contributed by atoms with Crippen LogP contribution in [-0.4, -0.2) is 37.2 Å². The Morgan fingerprint density at radius 3 is 1.06 bits per heavy atom. The van der Waals surface area contributed by atoms with Crippen molar-refractivity contribution >= 4 is 17.9 Å². The lowest BCUT2D eigenvalue weighted by Crippen LogP contribution is -2.30. The van der Waals surface area contributed by atoms with Crippen LogP contribution in [0, 0.1) is 0 Å². The zero-order valence-electron chi connectivity index (χ0n) is 42.0. The number of esters is 3. The van der Waals surface area contributed by atoms with Crippen molar-refractivity contribution in [3.8, 4) is 0 Å². The van der Waals surface area contributed by atoms with E-state index in [0.29, 0.717) is 19.3 Å².